The lowest BCUT2D eigenvalue weighted by atomic mass is 9.47. The molecule has 0 N–H and O–H groups in total. The van der Waals surface area contributed by atoms with Crippen LogP contribution in [0.25, 0.3) is 10.9 Å². The number of hydrogen-bond acceptors (Lipinski definition) is 2. The Morgan fingerprint density at radius 3 is 2.71 bits per heavy atom. The van der Waals surface area contributed by atoms with E-state index >= 15 is 0 Å². The molecule has 0 unspecified atom stereocenters. The molecule has 2 aromatic heterocycles. The zero-order valence-electron chi connectivity index (χ0n) is 11.9. The minimum atomic E-state index is -1.01. The molecular weight excluding hydrogens is 293 g/mol. The molecule has 5 rings (SSSR count). The molecule has 0 aromatic carbocycles. The summed E-state index contributed by atoms with van der Waals surface area (Å²) in [5, 5.41) is 1.26. The number of carbonyl (C=O) groups excluding carboxylic acids is 1. The summed E-state index contributed by atoms with van der Waals surface area (Å²) < 4.78 is 15.4. The van der Waals surface area contributed by atoms with Gasteiger partial charge in [-0.3, -0.25) is 4.79 Å². The largest absolute Gasteiger partial charge is 0.337 e. The predicted molar refractivity (Wildman–Crippen MR) is 78.2 cm³/mol. The predicted octanol–water partition coefficient (Wildman–Crippen LogP) is 2.94. The van der Waals surface area contributed by atoms with Crippen molar-refractivity contribution in [1.82, 2.24) is 14.5 Å². The molecule has 0 aliphatic heterocycles. The van der Waals surface area contributed by atoms with E-state index in [1.807, 2.05) is 12.1 Å². The van der Waals surface area contributed by atoms with Crippen LogP contribution in [0.4, 0.5) is 4.39 Å². The Labute approximate surface area is 126 Å². The minimum Gasteiger partial charge on any atom is -0.337 e. The molecular formula is C15H15ClFN3O. The summed E-state index contributed by atoms with van der Waals surface area (Å²) in [4.78, 5) is 18.5. The molecule has 0 atom stereocenters. The molecule has 0 spiro atoms. The summed E-state index contributed by atoms with van der Waals surface area (Å²) in [5.74, 6) is -0.0912. The lowest BCUT2D eigenvalue weighted by molar-refractivity contribution is -0.207. The van der Waals surface area contributed by atoms with Crippen molar-refractivity contribution in [1.29, 1.82) is 0 Å². The number of rotatable bonds is 2. The summed E-state index contributed by atoms with van der Waals surface area (Å²) in [6, 6.07) is 3.65. The number of pyridine rings is 1. The molecule has 0 saturated heterocycles. The summed E-state index contributed by atoms with van der Waals surface area (Å²) in [6.07, 6.45) is 3.02. The summed E-state index contributed by atoms with van der Waals surface area (Å²) >= 11 is 6.11. The average molecular weight is 308 g/mol. The van der Waals surface area contributed by atoms with Gasteiger partial charge in [-0.25, -0.2) is 9.37 Å². The zero-order valence-corrected chi connectivity index (χ0v) is 12.6. The first-order chi connectivity index (χ1) is 9.85. The average Bonchev–Trinajstić information content (AvgIpc) is 2.71. The van der Waals surface area contributed by atoms with Crippen molar-refractivity contribution < 1.29 is 9.18 Å². The SMILES string of the molecule is CN(C(=O)c1cc2ccnc(Cl)c2n1C)C12CC(F)(C1)C2. The fourth-order valence-electron chi connectivity index (χ4n) is 3.82. The number of aromatic nitrogens is 2. The zero-order chi connectivity index (χ0) is 15.0. The summed E-state index contributed by atoms with van der Waals surface area (Å²) in [5.41, 5.74) is 0.0147. The van der Waals surface area contributed by atoms with Crippen LogP contribution in [-0.2, 0) is 7.05 Å². The number of aryl methyl sites for hydroxylation is 1. The van der Waals surface area contributed by atoms with Gasteiger partial charge in [0, 0.05) is 44.9 Å². The third-order valence-corrected chi connectivity index (χ3v) is 5.35. The Kier molecular flexibility index (Phi) is 2.35. The van der Waals surface area contributed by atoms with Crippen molar-refractivity contribution in [3.63, 3.8) is 0 Å². The van der Waals surface area contributed by atoms with Crippen LogP contribution in [0, 0.1) is 0 Å². The molecule has 4 nitrogen and oxygen atoms in total. The molecule has 2 bridgehead atoms. The Morgan fingerprint density at radius 1 is 1.48 bits per heavy atom. The van der Waals surface area contributed by atoms with E-state index in [1.54, 1.807) is 29.8 Å². The van der Waals surface area contributed by atoms with Gasteiger partial charge in [0.2, 0.25) is 0 Å². The highest BCUT2D eigenvalue weighted by molar-refractivity contribution is 6.34. The van der Waals surface area contributed by atoms with E-state index in [4.69, 9.17) is 11.6 Å². The van der Waals surface area contributed by atoms with E-state index in [-0.39, 0.29) is 11.4 Å². The summed E-state index contributed by atoms with van der Waals surface area (Å²) in [6.45, 7) is 0. The van der Waals surface area contributed by atoms with Crippen LogP contribution < -0.4 is 0 Å². The van der Waals surface area contributed by atoms with E-state index in [0.29, 0.717) is 30.1 Å². The van der Waals surface area contributed by atoms with Crippen molar-refractivity contribution in [2.75, 3.05) is 7.05 Å². The second-order valence-corrected chi connectivity index (χ2v) is 6.76. The number of amides is 1. The number of hydrogen-bond donors (Lipinski definition) is 0. The number of nitrogens with zero attached hydrogens (tertiary/aromatic N) is 3. The van der Waals surface area contributed by atoms with Gasteiger partial charge in [-0.1, -0.05) is 11.6 Å². The van der Waals surface area contributed by atoms with Crippen molar-refractivity contribution in [2.24, 2.45) is 7.05 Å². The quantitative estimate of drug-likeness (QED) is 0.800. The highest BCUT2D eigenvalue weighted by Gasteiger charge is 2.71. The topological polar surface area (TPSA) is 38.1 Å². The van der Waals surface area contributed by atoms with E-state index in [0.717, 1.165) is 10.9 Å². The maximum atomic E-state index is 13.7. The van der Waals surface area contributed by atoms with E-state index in [9.17, 15) is 9.18 Å². The molecule has 2 heterocycles. The van der Waals surface area contributed by atoms with Crippen molar-refractivity contribution in [3.05, 3.63) is 29.2 Å². The van der Waals surface area contributed by atoms with Crippen LogP contribution >= 0.6 is 11.6 Å². The number of fused-ring (bicyclic) bond motifs is 1. The van der Waals surface area contributed by atoms with Crippen LogP contribution in [-0.4, -0.2) is 38.6 Å². The van der Waals surface area contributed by atoms with Gasteiger partial charge in [0.05, 0.1) is 11.1 Å². The normalized spacial score (nSPS) is 29.9. The molecule has 110 valence electrons. The van der Waals surface area contributed by atoms with Crippen LogP contribution in [0.1, 0.15) is 29.8 Å². The molecule has 3 aliphatic rings. The Balaban J connectivity index is 1.72. The highest BCUT2D eigenvalue weighted by Crippen LogP contribution is 2.65. The minimum absolute atomic E-state index is 0.0912. The van der Waals surface area contributed by atoms with Crippen molar-refractivity contribution in [2.45, 2.75) is 30.5 Å². The third-order valence-electron chi connectivity index (χ3n) is 5.07. The van der Waals surface area contributed by atoms with Crippen molar-refractivity contribution >= 4 is 28.4 Å². The van der Waals surface area contributed by atoms with Crippen LogP contribution in [0.3, 0.4) is 0 Å². The Morgan fingerprint density at radius 2 is 2.14 bits per heavy atom. The summed E-state index contributed by atoms with van der Waals surface area (Å²) in [7, 11) is 3.56. The smallest absolute Gasteiger partial charge is 0.270 e. The van der Waals surface area contributed by atoms with Crippen LogP contribution in [0.15, 0.2) is 18.3 Å². The fraction of sp³-hybridized carbons (Fsp3) is 0.467. The van der Waals surface area contributed by atoms with Gasteiger partial charge in [-0.2, -0.15) is 0 Å². The number of halogens is 2. The Hall–Kier alpha value is -1.62. The molecule has 1 amide bonds. The maximum Gasteiger partial charge on any atom is 0.270 e. The second-order valence-electron chi connectivity index (χ2n) is 6.40. The number of alkyl halides is 1. The van der Waals surface area contributed by atoms with Gasteiger partial charge in [-0.15, -0.1) is 0 Å². The van der Waals surface area contributed by atoms with Crippen LogP contribution in [0.5, 0.6) is 0 Å². The number of carbonyl (C=O) groups is 1. The molecule has 21 heavy (non-hydrogen) atoms. The first-order valence-electron chi connectivity index (χ1n) is 6.92. The van der Waals surface area contributed by atoms with Gasteiger partial charge >= 0.3 is 0 Å². The van der Waals surface area contributed by atoms with Gasteiger partial charge in [0.15, 0.2) is 5.15 Å². The van der Waals surface area contributed by atoms with E-state index in [2.05, 4.69) is 4.98 Å². The molecule has 6 heteroatoms. The molecule has 3 fully saturated rings. The molecule has 0 radical (unpaired) electrons. The highest BCUT2D eigenvalue weighted by atomic mass is 35.5. The lowest BCUT2D eigenvalue weighted by Crippen LogP contribution is -2.76. The standard InChI is InChI=1S/C15H15ClFN3O/c1-19-10(5-9-3-4-18-12(16)11(9)19)13(21)20(2)15-6-14(17,7-15)8-15/h3-5H,6-8H2,1-2H3. The molecule has 3 saturated carbocycles. The van der Waals surface area contributed by atoms with E-state index < -0.39 is 5.67 Å². The van der Waals surface area contributed by atoms with Gasteiger partial charge in [0.25, 0.3) is 5.91 Å². The lowest BCUT2D eigenvalue weighted by Gasteiger charge is -2.68. The van der Waals surface area contributed by atoms with Gasteiger partial charge in [0.1, 0.15) is 11.4 Å². The van der Waals surface area contributed by atoms with Crippen molar-refractivity contribution in [3.8, 4) is 0 Å². The van der Waals surface area contributed by atoms with Crippen LogP contribution in [0.2, 0.25) is 5.15 Å². The molecule has 2 aromatic rings. The van der Waals surface area contributed by atoms with Gasteiger partial charge in [-0.05, 0) is 12.1 Å². The first kappa shape index (κ1) is 13.1. The first-order valence-corrected chi connectivity index (χ1v) is 7.30. The molecule has 3 aliphatic carbocycles. The van der Waals surface area contributed by atoms with E-state index in [1.165, 1.54) is 0 Å². The maximum absolute atomic E-state index is 13.7. The second kappa shape index (κ2) is 3.77. The fourth-order valence-corrected chi connectivity index (χ4v) is 4.11. The van der Waals surface area contributed by atoms with Gasteiger partial charge < -0.3 is 9.47 Å². The Bertz CT molecular complexity index is 765. The third kappa shape index (κ3) is 1.55. The monoisotopic (exact) mass is 307 g/mol.